The summed E-state index contributed by atoms with van der Waals surface area (Å²) in [5.74, 6) is 0. The van der Waals surface area contributed by atoms with Gasteiger partial charge in [-0.1, -0.05) is 113 Å². The maximum atomic E-state index is 9.30. The zero-order chi connectivity index (χ0) is 22.2. The SMILES string of the molecule is CCCCCCCCCCCCc1ccc2ccc3c(CCCO)ccc4ccc1c2c43. The summed E-state index contributed by atoms with van der Waals surface area (Å²) in [5, 5.41) is 17.7. The fourth-order valence-corrected chi connectivity index (χ4v) is 5.43. The number of aryl methyl sites for hydroxylation is 2. The van der Waals surface area contributed by atoms with Crippen LogP contribution in [0.15, 0.2) is 48.5 Å². The van der Waals surface area contributed by atoms with Gasteiger partial charge in [0.25, 0.3) is 0 Å². The van der Waals surface area contributed by atoms with Gasteiger partial charge in [0, 0.05) is 6.61 Å². The minimum Gasteiger partial charge on any atom is -0.396 e. The molecule has 0 fully saturated rings. The topological polar surface area (TPSA) is 20.2 Å². The van der Waals surface area contributed by atoms with Crippen molar-refractivity contribution in [3.05, 3.63) is 59.7 Å². The van der Waals surface area contributed by atoms with Crippen LogP contribution in [0.1, 0.15) is 88.7 Å². The molecular weight excluding hydrogens is 388 g/mol. The lowest BCUT2D eigenvalue weighted by Crippen LogP contribution is -1.95. The molecule has 0 saturated heterocycles. The van der Waals surface area contributed by atoms with Crippen molar-refractivity contribution in [2.75, 3.05) is 6.61 Å². The molecule has 0 unspecified atom stereocenters. The summed E-state index contributed by atoms with van der Waals surface area (Å²) in [7, 11) is 0. The summed E-state index contributed by atoms with van der Waals surface area (Å²) >= 11 is 0. The van der Waals surface area contributed by atoms with Gasteiger partial charge in [0.1, 0.15) is 0 Å². The van der Waals surface area contributed by atoms with Gasteiger partial charge in [-0.2, -0.15) is 0 Å². The third-order valence-electron chi connectivity index (χ3n) is 7.25. The van der Waals surface area contributed by atoms with Crippen LogP contribution < -0.4 is 0 Å². The van der Waals surface area contributed by atoms with Gasteiger partial charge in [-0.3, -0.25) is 0 Å². The third kappa shape index (κ3) is 5.26. The summed E-state index contributed by atoms with van der Waals surface area (Å²) in [6.07, 6.45) is 16.8. The summed E-state index contributed by atoms with van der Waals surface area (Å²) in [6, 6.07) is 18.4. The molecule has 1 heteroatoms. The van der Waals surface area contributed by atoms with Crippen LogP contribution in [0.25, 0.3) is 32.3 Å². The molecule has 4 aromatic carbocycles. The maximum absolute atomic E-state index is 9.30. The van der Waals surface area contributed by atoms with Crippen LogP contribution in [0.4, 0.5) is 0 Å². The van der Waals surface area contributed by atoms with Crippen molar-refractivity contribution < 1.29 is 5.11 Å². The molecule has 170 valence electrons. The molecule has 4 aromatic rings. The van der Waals surface area contributed by atoms with E-state index in [1.165, 1.54) is 114 Å². The first-order chi connectivity index (χ1) is 15.8. The second-order valence-corrected chi connectivity index (χ2v) is 9.63. The number of rotatable bonds is 14. The van der Waals surface area contributed by atoms with E-state index in [0.717, 1.165) is 12.8 Å². The number of unbranched alkanes of at least 4 members (excludes halogenated alkanes) is 9. The normalized spacial score (nSPS) is 11.9. The molecule has 0 spiro atoms. The minimum absolute atomic E-state index is 0.255. The molecule has 1 nitrogen and oxygen atoms in total. The summed E-state index contributed by atoms with van der Waals surface area (Å²) < 4.78 is 0. The van der Waals surface area contributed by atoms with Crippen molar-refractivity contribution in [2.45, 2.75) is 90.4 Å². The van der Waals surface area contributed by atoms with E-state index in [-0.39, 0.29) is 6.61 Å². The van der Waals surface area contributed by atoms with Crippen LogP contribution in [0, 0.1) is 0 Å². The third-order valence-corrected chi connectivity index (χ3v) is 7.25. The van der Waals surface area contributed by atoms with Crippen molar-refractivity contribution >= 4 is 32.3 Å². The van der Waals surface area contributed by atoms with Crippen molar-refractivity contribution in [1.82, 2.24) is 0 Å². The van der Waals surface area contributed by atoms with Crippen molar-refractivity contribution in [2.24, 2.45) is 0 Å². The highest BCUT2D eigenvalue weighted by molar-refractivity contribution is 6.24. The van der Waals surface area contributed by atoms with Gasteiger partial charge in [-0.25, -0.2) is 0 Å². The molecule has 1 N–H and O–H groups in total. The van der Waals surface area contributed by atoms with Crippen molar-refractivity contribution in [3.8, 4) is 0 Å². The highest BCUT2D eigenvalue weighted by Gasteiger charge is 2.13. The lowest BCUT2D eigenvalue weighted by Gasteiger charge is -2.16. The molecule has 0 aliphatic rings. The van der Waals surface area contributed by atoms with E-state index in [0.29, 0.717) is 0 Å². The second kappa shape index (κ2) is 11.7. The Morgan fingerprint density at radius 2 is 0.938 bits per heavy atom. The van der Waals surface area contributed by atoms with Gasteiger partial charge in [0.2, 0.25) is 0 Å². The Morgan fingerprint density at radius 3 is 1.44 bits per heavy atom. The Bertz CT molecular complexity index is 1110. The van der Waals surface area contributed by atoms with Crippen LogP contribution >= 0.6 is 0 Å². The molecule has 4 rings (SSSR count). The predicted molar refractivity (Wildman–Crippen MR) is 141 cm³/mol. The molecule has 0 aliphatic carbocycles. The first kappa shape index (κ1) is 23.1. The average Bonchev–Trinajstić information content (AvgIpc) is 2.83. The molecule has 0 radical (unpaired) electrons. The quantitative estimate of drug-likeness (QED) is 0.157. The largest absolute Gasteiger partial charge is 0.396 e. The standard InChI is InChI=1S/C31H40O/c1-2-3-4-5-6-7-8-9-10-11-13-24-15-17-26-20-22-29-25(14-12-23-32)16-18-27-19-21-28(24)30(26)31(27)29/h15-22,32H,2-14,23H2,1H3. The Hall–Kier alpha value is -2.12. The first-order valence-electron chi connectivity index (χ1n) is 13.1. The molecule has 0 bridgehead atoms. The molecule has 32 heavy (non-hydrogen) atoms. The van der Waals surface area contributed by atoms with E-state index in [4.69, 9.17) is 0 Å². The fourth-order valence-electron chi connectivity index (χ4n) is 5.43. The number of aliphatic hydroxyl groups is 1. The molecule has 0 aromatic heterocycles. The number of benzene rings is 4. The van der Waals surface area contributed by atoms with Crippen LogP contribution in [-0.2, 0) is 12.8 Å². The van der Waals surface area contributed by atoms with Crippen LogP contribution in [0.2, 0.25) is 0 Å². The van der Waals surface area contributed by atoms with Crippen LogP contribution in [0.3, 0.4) is 0 Å². The molecular formula is C31H40O. The van der Waals surface area contributed by atoms with Crippen molar-refractivity contribution in [1.29, 1.82) is 0 Å². The van der Waals surface area contributed by atoms with Gasteiger partial charge in [0.05, 0.1) is 0 Å². The smallest absolute Gasteiger partial charge is 0.0434 e. The molecule has 0 saturated carbocycles. The van der Waals surface area contributed by atoms with Crippen LogP contribution in [0.5, 0.6) is 0 Å². The molecule has 0 aliphatic heterocycles. The van der Waals surface area contributed by atoms with Crippen LogP contribution in [-0.4, -0.2) is 11.7 Å². The van der Waals surface area contributed by atoms with Gasteiger partial charge in [0.15, 0.2) is 0 Å². The zero-order valence-corrected chi connectivity index (χ0v) is 20.0. The van der Waals surface area contributed by atoms with E-state index in [9.17, 15) is 5.11 Å². The zero-order valence-electron chi connectivity index (χ0n) is 20.0. The lowest BCUT2D eigenvalue weighted by atomic mass is 9.88. The average molecular weight is 429 g/mol. The summed E-state index contributed by atoms with van der Waals surface area (Å²) in [6.45, 7) is 2.54. The van der Waals surface area contributed by atoms with E-state index in [2.05, 4.69) is 55.5 Å². The Labute approximate surface area is 194 Å². The highest BCUT2D eigenvalue weighted by atomic mass is 16.2. The second-order valence-electron chi connectivity index (χ2n) is 9.63. The summed E-state index contributed by atoms with van der Waals surface area (Å²) in [4.78, 5) is 0. The number of aliphatic hydroxyl groups excluding tert-OH is 1. The Kier molecular flexibility index (Phi) is 8.40. The van der Waals surface area contributed by atoms with E-state index >= 15 is 0 Å². The fraction of sp³-hybridized carbons (Fsp3) is 0.484. The maximum Gasteiger partial charge on any atom is 0.0434 e. The highest BCUT2D eigenvalue weighted by Crippen LogP contribution is 2.38. The van der Waals surface area contributed by atoms with Gasteiger partial charge < -0.3 is 5.11 Å². The molecule has 0 heterocycles. The summed E-state index contributed by atoms with van der Waals surface area (Å²) in [5.41, 5.74) is 2.87. The minimum atomic E-state index is 0.255. The Morgan fingerprint density at radius 1 is 0.500 bits per heavy atom. The molecule has 0 amide bonds. The Balaban J connectivity index is 1.43. The van der Waals surface area contributed by atoms with E-state index in [1.807, 2.05) is 0 Å². The first-order valence-corrected chi connectivity index (χ1v) is 13.1. The number of hydrogen-bond acceptors (Lipinski definition) is 1. The lowest BCUT2D eigenvalue weighted by molar-refractivity contribution is 0.289. The monoisotopic (exact) mass is 428 g/mol. The molecule has 0 atom stereocenters. The van der Waals surface area contributed by atoms with Gasteiger partial charge >= 0.3 is 0 Å². The van der Waals surface area contributed by atoms with E-state index < -0.39 is 0 Å². The van der Waals surface area contributed by atoms with E-state index in [1.54, 1.807) is 0 Å². The van der Waals surface area contributed by atoms with Gasteiger partial charge in [-0.05, 0) is 69.1 Å². The predicted octanol–water partition coefficient (Wildman–Crippen LogP) is 8.97. The number of hydrogen-bond donors (Lipinski definition) is 1. The van der Waals surface area contributed by atoms with Gasteiger partial charge in [-0.15, -0.1) is 0 Å². The van der Waals surface area contributed by atoms with Crippen molar-refractivity contribution in [3.63, 3.8) is 0 Å².